The van der Waals surface area contributed by atoms with Crippen LogP contribution in [0.15, 0.2) is 72.1 Å². The Morgan fingerprint density at radius 2 is 0.950 bits per heavy atom. The van der Waals surface area contributed by atoms with Crippen LogP contribution in [0.1, 0.15) is 0 Å². The fourth-order valence-corrected chi connectivity index (χ4v) is 8.50. The monoisotopic (exact) mass is 336 g/mol. The molecule has 0 aliphatic rings. The van der Waals surface area contributed by atoms with Crippen LogP contribution in [0.25, 0.3) is 0 Å². The second kappa shape index (κ2) is 6.31. The Kier molecular flexibility index (Phi) is 4.92. The fourth-order valence-electron chi connectivity index (χ4n) is 2.03. The maximum absolute atomic E-state index is 6.77. The van der Waals surface area contributed by atoms with Crippen molar-refractivity contribution in [2.75, 3.05) is 0 Å². The lowest BCUT2D eigenvalue weighted by Gasteiger charge is -2.19. The highest BCUT2D eigenvalue weighted by atomic mass is 35.6. The molecule has 2 aromatic carbocycles. The normalized spacial score (nSPS) is 17.6. The first-order valence-corrected chi connectivity index (χ1v) is 13.8. The molecule has 2 atom stereocenters. The highest BCUT2D eigenvalue weighted by Crippen LogP contribution is 2.16. The Hall–Kier alpha value is -0.806. The van der Waals surface area contributed by atoms with Crippen molar-refractivity contribution < 1.29 is 0 Å². The predicted molar refractivity (Wildman–Crippen MR) is 96.2 cm³/mol. The minimum Gasteiger partial charge on any atom is -0.156 e. The quantitative estimate of drug-likeness (QED) is 0.583. The van der Waals surface area contributed by atoms with Gasteiger partial charge >= 0.3 is 0 Å². The number of hydrogen-bond donors (Lipinski definition) is 0. The van der Waals surface area contributed by atoms with Gasteiger partial charge < -0.3 is 0 Å². The number of hydrogen-bond acceptors (Lipinski definition) is 0. The zero-order chi connectivity index (χ0) is 14.6. The average molecular weight is 337 g/mol. The molecule has 0 aromatic heterocycles. The Morgan fingerprint density at radius 1 is 0.650 bits per heavy atom. The third kappa shape index (κ3) is 3.86. The van der Waals surface area contributed by atoms with Crippen LogP contribution >= 0.6 is 22.2 Å². The summed E-state index contributed by atoms with van der Waals surface area (Å²) in [4.78, 5) is 0. The highest BCUT2D eigenvalue weighted by Gasteiger charge is 2.28. The summed E-state index contributed by atoms with van der Waals surface area (Å²) in [5.41, 5.74) is 4.33. The second-order valence-electron chi connectivity index (χ2n) is 5.22. The molecule has 0 radical (unpaired) electrons. The maximum atomic E-state index is 6.77. The number of rotatable bonds is 4. The van der Waals surface area contributed by atoms with Gasteiger partial charge in [0.15, 0.2) is 0 Å². The Balaban J connectivity index is 2.24. The molecule has 0 fully saturated rings. The van der Waals surface area contributed by atoms with Gasteiger partial charge in [-0.15, -0.1) is 0 Å². The molecule has 0 saturated heterocycles. The summed E-state index contributed by atoms with van der Waals surface area (Å²) >= 11 is 13.5. The van der Waals surface area contributed by atoms with Gasteiger partial charge in [0.2, 0.25) is 14.8 Å². The summed E-state index contributed by atoms with van der Waals surface area (Å²) in [5, 5.41) is 2.43. The van der Waals surface area contributed by atoms with Gasteiger partial charge in [-0.1, -0.05) is 72.1 Å². The smallest absolute Gasteiger partial charge is 0.156 e. The van der Waals surface area contributed by atoms with E-state index in [1.165, 1.54) is 10.4 Å². The summed E-state index contributed by atoms with van der Waals surface area (Å²) in [6, 6.07) is 20.5. The van der Waals surface area contributed by atoms with E-state index in [-0.39, 0.29) is 0 Å². The molecule has 0 aliphatic heterocycles. The first-order chi connectivity index (χ1) is 9.42. The third-order valence-corrected chi connectivity index (χ3v) is 10.3. The van der Waals surface area contributed by atoms with E-state index in [2.05, 4.69) is 48.8 Å². The van der Waals surface area contributed by atoms with E-state index in [0.29, 0.717) is 0 Å². The first kappa shape index (κ1) is 15.6. The molecule has 2 aromatic rings. The molecular weight excluding hydrogens is 319 g/mol. The van der Waals surface area contributed by atoms with Crippen LogP contribution in [0.3, 0.4) is 0 Å². The zero-order valence-corrected chi connectivity index (χ0v) is 15.2. The first-order valence-electron chi connectivity index (χ1n) is 6.61. The average Bonchev–Trinajstić information content (AvgIpc) is 2.47. The lowest BCUT2D eigenvalue weighted by Crippen LogP contribution is -2.41. The summed E-state index contributed by atoms with van der Waals surface area (Å²) in [6.45, 7) is 4.26. The summed E-state index contributed by atoms with van der Waals surface area (Å²) in [5.74, 6) is 0. The van der Waals surface area contributed by atoms with Gasteiger partial charge in [-0.05, 0) is 23.5 Å². The maximum Gasteiger partial charge on any atom is 0.206 e. The minimum absolute atomic E-state index is 1.22. The SMILES string of the molecule is C[Si](Cl)(/C=C/[Si](C)(Cl)c1ccccc1)c1ccccc1. The lowest BCUT2D eigenvalue weighted by molar-refractivity contribution is 1.74. The highest BCUT2D eigenvalue weighted by molar-refractivity contribution is 7.32. The predicted octanol–water partition coefficient (Wildman–Crippen LogP) is 4.06. The zero-order valence-electron chi connectivity index (χ0n) is 11.7. The summed E-state index contributed by atoms with van der Waals surface area (Å²) in [7, 11) is -4.16. The largest absolute Gasteiger partial charge is 0.206 e. The van der Waals surface area contributed by atoms with Crippen molar-refractivity contribution in [2.45, 2.75) is 13.1 Å². The van der Waals surface area contributed by atoms with Crippen molar-refractivity contribution in [3.8, 4) is 0 Å². The van der Waals surface area contributed by atoms with Gasteiger partial charge in [0.1, 0.15) is 0 Å². The number of benzene rings is 2. The van der Waals surface area contributed by atoms with E-state index in [1.54, 1.807) is 0 Å². The Bertz CT molecular complexity index is 524. The Morgan fingerprint density at radius 3 is 1.25 bits per heavy atom. The van der Waals surface area contributed by atoms with Crippen molar-refractivity contribution in [3.05, 3.63) is 72.1 Å². The Labute approximate surface area is 132 Å². The molecule has 0 aliphatic carbocycles. The fraction of sp³-hybridized carbons (Fsp3) is 0.125. The van der Waals surface area contributed by atoms with Gasteiger partial charge in [-0.25, -0.2) is 0 Å². The second-order valence-corrected chi connectivity index (χ2v) is 16.1. The van der Waals surface area contributed by atoms with Crippen molar-refractivity contribution >= 4 is 47.3 Å². The molecule has 0 N–H and O–H groups in total. The van der Waals surface area contributed by atoms with Crippen LogP contribution in [0.5, 0.6) is 0 Å². The van der Waals surface area contributed by atoms with E-state index in [9.17, 15) is 0 Å². The van der Waals surface area contributed by atoms with E-state index in [4.69, 9.17) is 22.2 Å². The van der Waals surface area contributed by atoms with Crippen molar-refractivity contribution in [3.63, 3.8) is 0 Å². The molecule has 2 rings (SSSR count). The van der Waals surface area contributed by atoms with Crippen molar-refractivity contribution in [1.82, 2.24) is 0 Å². The van der Waals surface area contributed by atoms with E-state index in [0.717, 1.165) is 0 Å². The van der Waals surface area contributed by atoms with Gasteiger partial charge in [-0.2, -0.15) is 22.2 Å². The van der Waals surface area contributed by atoms with E-state index in [1.807, 2.05) is 36.4 Å². The molecule has 0 heterocycles. The van der Waals surface area contributed by atoms with Crippen LogP contribution in [0.4, 0.5) is 0 Å². The summed E-state index contributed by atoms with van der Waals surface area (Å²) in [6.07, 6.45) is 0. The molecule has 0 amide bonds. The van der Waals surface area contributed by atoms with Crippen LogP contribution < -0.4 is 10.4 Å². The third-order valence-electron chi connectivity index (χ3n) is 3.39. The molecular formula is C16H18Cl2Si2. The van der Waals surface area contributed by atoms with Crippen LogP contribution in [0.2, 0.25) is 13.1 Å². The standard InChI is InChI=1S/C16H18Cl2Si2/c1-19(17,15-9-5-3-6-10-15)13-14-20(2,18)16-11-7-4-8-12-16/h3-14H,1-2H3/b14-13+. The van der Waals surface area contributed by atoms with Gasteiger partial charge in [-0.3, -0.25) is 0 Å². The van der Waals surface area contributed by atoms with Gasteiger partial charge in [0.25, 0.3) is 0 Å². The number of halogens is 2. The van der Waals surface area contributed by atoms with Crippen LogP contribution in [-0.2, 0) is 0 Å². The molecule has 0 spiro atoms. The molecule has 2 unspecified atom stereocenters. The molecule has 0 nitrogen and oxygen atoms in total. The van der Waals surface area contributed by atoms with Crippen molar-refractivity contribution in [2.24, 2.45) is 0 Å². The summed E-state index contributed by atoms with van der Waals surface area (Å²) < 4.78 is 0. The topological polar surface area (TPSA) is 0 Å². The molecule has 20 heavy (non-hydrogen) atoms. The molecule has 104 valence electrons. The molecule has 4 heteroatoms. The minimum atomic E-state index is -2.08. The molecule has 0 saturated carbocycles. The van der Waals surface area contributed by atoms with Gasteiger partial charge in [0, 0.05) is 0 Å². The van der Waals surface area contributed by atoms with Gasteiger partial charge in [0.05, 0.1) is 0 Å². The van der Waals surface area contributed by atoms with E-state index < -0.39 is 14.8 Å². The van der Waals surface area contributed by atoms with Crippen LogP contribution in [-0.4, -0.2) is 14.8 Å². The van der Waals surface area contributed by atoms with Crippen LogP contribution in [0, 0.1) is 0 Å². The lowest BCUT2D eigenvalue weighted by atomic mass is 10.4. The van der Waals surface area contributed by atoms with Crippen molar-refractivity contribution in [1.29, 1.82) is 0 Å². The molecule has 0 bridgehead atoms. The van der Waals surface area contributed by atoms with E-state index >= 15 is 0 Å².